The molecule has 0 unspecified atom stereocenters. The zero-order valence-corrected chi connectivity index (χ0v) is 11.3. The van der Waals surface area contributed by atoms with Gasteiger partial charge in [0.1, 0.15) is 12.2 Å². The molecule has 2 aromatic rings. The van der Waals surface area contributed by atoms with Crippen molar-refractivity contribution in [2.24, 2.45) is 0 Å². The van der Waals surface area contributed by atoms with Crippen LogP contribution >= 0.6 is 0 Å². The zero-order valence-electron chi connectivity index (χ0n) is 11.3. The topological polar surface area (TPSA) is 71.1 Å². The summed E-state index contributed by atoms with van der Waals surface area (Å²) in [4.78, 5) is 17.5. The van der Waals surface area contributed by atoms with E-state index in [0.717, 1.165) is 0 Å². The van der Waals surface area contributed by atoms with Crippen LogP contribution in [0.5, 0.6) is 5.75 Å². The smallest absolute Gasteiger partial charge is 0.227 e. The van der Waals surface area contributed by atoms with Crippen LogP contribution in [0.3, 0.4) is 0 Å². The largest absolute Gasteiger partial charge is 0.494 e. The number of rotatable bonds is 5. The van der Waals surface area contributed by atoms with Crippen molar-refractivity contribution >= 4 is 5.91 Å². The highest BCUT2D eigenvalue weighted by Gasteiger charge is 2.13. The molecule has 6 nitrogen and oxygen atoms in total. The number of amides is 1. The lowest BCUT2D eigenvalue weighted by Gasteiger charge is -2.15. The molecule has 20 heavy (non-hydrogen) atoms. The summed E-state index contributed by atoms with van der Waals surface area (Å²) in [5.74, 6) is 0.152. The Morgan fingerprint density at radius 2 is 2.30 bits per heavy atom. The molecule has 0 radical (unpaired) electrons. The first-order chi connectivity index (χ1) is 9.60. The molecule has 1 N–H and O–H groups in total. The van der Waals surface area contributed by atoms with Crippen LogP contribution in [0, 0.1) is 5.82 Å². The summed E-state index contributed by atoms with van der Waals surface area (Å²) < 4.78 is 18.4. The summed E-state index contributed by atoms with van der Waals surface area (Å²) in [6.07, 6.45) is 1.50. The molecule has 0 saturated carbocycles. The molecule has 0 aliphatic carbocycles. The number of nitrogens with zero attached hydrogens (tertiary/aromatic N) is 3. The van der Waals surface area contributed by atoms with Crippen LogP contribution in [0.15, 0.2) is 24.5 Å². The van der Waals surface area contributed by atoms with Gasteiger partial charge in [0.2, 0.25) is 5.91 Å². The summed E-state index contributed by atoms with van der Waals surface area (Å²) in [6, 6.07) is 4.48. The number of halogens is 1. The summed E-state index contributed by atoms with van der Waals surface area (Å²) in [5, 5.41) is 6.39. The van der Waals surface area contributed by atoms with Gasteiger partial charge in [-0.3, -0.25) is 9.89 Å². The van der Waals surface area contributed by atoms with Gasteiger partial charge < -0.3 is 9.64 Å². The predicted molar refractivity (Wildman–Crippen MR) is 69.5 cm³/mol. The van der Waals surface area contributed by atoms with Gasteiger partial charge in [0.25, 0.3) is 0 Å². The fourth-order valence-corrected chi connectivity index (χ4v) is 1.75. The van der Waals surface area contributed by atoms with Gasteiger partial charge in [-0.05, 0) is 17.7 Å². The van der Waals surface area contributed by atoms with Crippen LogP contribution in [0.2, 0.25) is 0 Å². The number of H-pyrrole nitrogens is 1. The number of hydrogen-bond donors (Lipinski definition) is 1. The van der Waals surface area contributed by atoms with Gasteiger partial charge in [0, 0.05) is 7.05 Å². The predicted octanol–water partition coefficient (Wildman–Crippen LogP) is 1.15. The molecule has 0 saturated heterocycles. The van der Waals surface area contributed by atoms with Gasteiger partial charge in [-0.2, -0.15) is 5.10 Å². The summed E-state index contributed by atoms with van der Waals surface area (Å²) >= 11 is 0. The number of methoxy groups -OCH3 is 1. The maximum absolute atomic E-state index is 13.5. The summed E-state index contributed by atoms with van der Waals surface area (Å²) in [6.45, 7) is 0.331. The van der Waals surface area contributed by atoms with E-state index in [9.17, 15) is 9.18 Å². The highest BCUT2D eigenvalue weighted by molar-refractivity contribution is 5.78. The van der Waals surface area contributed by atoms with Gasteiger partial charge in [0.15, 0.2) is 11.6 Å². The minimum Gasteiger partial charge on any atom is -0.494 e. The van der Waals surface area contributed by atoms with Gasteiger partial charge in [-0.1, -0.05) is 6.07 Å². The van der Waals surface area contributed by atoms with Crippen LogP contribution < -0.4 is 4.74 Å². The molecule has 2 rings (SSSR count). The SMILES string of the molecule is COc1ccc(CC(=O)N(C)Cc2ncn[nH]2)cc1F. The average Bonchev–Trinajstić information content (AvgIpc) is 2.91. The number of benzene rings is 1. The van der Waals surface area contributed by atoms with Crippen molar-refractivity contribution in [2.45, 2.75) is 13.0 Å². The van der Waals surface area contributed by atoms with Crippen molar-refractivity contribution in [3.63, 3.8) is 0 Å². The first-order valence-electron chi connectivity index (χ1n) is 6.00. The second kappa shape index (κ2) is 6.14. The zero-order chi connectivity index (χ0) is 14.5. The Hall–Kier alpha value is -2.44. The Morgan fingerprint density at radius 1 is 1.50 bits per heavy atom. The van der Waals surface area contributed by atoms with Crippen LogP contribution in [-0.2, 0) is 17.8 Å². The molecular weight excluding hydrogens is 263 g/mol. The van der Waals surface area contributed by atoms with E-state index in [2.05, 4.69) is 15.2 Å². The third-order valence-corrected chi connectivity index (χ3v) is 2.85. The Labute approximate surface area is 115 Å². The van der Waals surface area contributed by atoms with E-state index in [1.54, 1.807) is 13.1 Å². The van der Waals surface area contributed by atoms with Crippen molar-refractivity contribution in [1.82, 2.24) is 20.1 Å². The van der Waals surface area contributed by atoms with E-state index in [0.29, 0.717) is 17.9 Å². The third-order valence-electron chi connectivity index (χ3n) is 2.85. The Kier molecular flexibility index (Phi) is 4.29. The normalized spacial score (nSPS) is 10.3. The molecule has 1 aromatic carbocycles. The van der Waals surface area contributed by atoms with E-state index < -0.39 is 5.82 Å². The highest BCUT2D eigenvalue weighted by atomic mass is 19.1. The Morgan fingerprint density at radius 3 is 2.90 bits per heavy atom. The molecule has 1 heterocycles. The molecule has 0 spiro atoms. The Balaban J connectivity index is 1.98. The van der Waals surface area contributed by atoms with Gasteiger partial charge in [-0.15, -0.1) is 0 Å². The molecule has 7 heteroatoms. The standard InChI is InChI=1S/C13H15FN4O2/c1-18(7-12-15-8-16-17-12)13(19)6-9-3-4-11(20-2)10(14)5-9/h3-5,8H,6-7H2,1-2H3,(H,15,16,17). The first kappa shape index (κ1) is 14.0. The molecule has 106 valence electrons. The maximum atomic E-state index is 13.5. The highest BCUT2D eigenvalue weighted by Crippen LogP contribution is 2.18. The van der Waals surface area contributed by atoms with E-state index >= 15 is 0 Å². The number of likely N-dealkylation sites (N-methyl/N-ethyl adjacent to an activating group) is 1. The first-order valence-corrected chi connectivity index (χ1v) is 6.00. The van der Waals surface area contributed by atoms with Gasteiger partial charge in [0.05, 0.1) is 20.1 Å². The van der Waals surface area contributed by atoms with E-state index in [-0.39, 0.29) is 18.1 Å². The molecule has 0 aliphatic heterocycles. The van der Waals surface area contributed by atoms with E-state index in [4.69, 9.17) is 4.74 Å². The average molecular weight is 278 g/mol. The molecular formula is C13H15FN4O2. The fourth-order valence-electron chi connectivity index (χ4n) is 1.75. The van der Waals surface area contributed by atoms with E-state index in [1.807, 2.05) is 0 Å². The lowest BCUT2D eigenvalue weighted by molar-refractivity contribution is -0.129. The van der Waals surface area contributed by atoms with Gasteiger partial charge in [-0.25, -0.2) is 9.37 Å². The third kappa shape index (κ3) is 3.31. The minimum absolute atomic E-state index is 0.117. The van der Waals surface area contributed by atoms with Crippen LogP contribution in [0.25, 0.3) is 0 Å². The van der Waals surface area contributed by atoms with E-state index in [1.165, 1.54) is 30.5 Å². The van der Waals surface area contributed by atoms with Crippen molar-refractivity contribution in [3.8, 4) is 5.75 Å². The molecule has 0 bridgehead atoms. The van der Waals surface area contributed by atoms with Crippen molar-refractivity contribution in [1.29, 1.82) is 0 Å². The molecule has 0 fully saturated rings. The quantitative estimate of drug-likeness (QED) is 0.890. The van der Waals surface area contributed by atoms with Crippen LogP contribution in [0.1, 0.15) is 11.4 Å². The second-order valence-corrected chi connectivity index (χ2v) is 4.33. The number of aromatic nitrogens is 3. The summed E-state index contributed by atoms with van der Waals surface area (Å²) in [5.41, 5.74) is 0.595. The Bertz CT molecular complexity index is 586. The number of hydrogen-bond acceptors (Lipinski definition) is 4. The van der Waals surface area contributed by atoms with Crippen molar-refractivity contribution in [2.75, 3.05) is 14.2 Å². The molecule has 1 amide bonds. The lowest BCUT2D eigenvalue weighted by atomic mass is 10.1. The number of ether oxygens (including phenoxy) is 1. The van der Waals surface area contributed by atoms with Crippen molar-refractivity contribution in [3.05, 3.63) is 41.7 Å². The minimum atomic E-state index is -0.476. The monoisotopic (exact) mass is 278 g/mol. The number of aromatic amines is 1. The van der Waals surface area contributed by atoms with Crippen molar-refractivity contribution < 1.29 is 13.9 Å². The molecule has 0 aliphatic rings. The number of carbonyl (C=O) groups excluding carboxylic acids is 1. The number of carbonyl (C=O) groups is 1. The maximum Gasteiger partial charge on any atom is 0.227 e. The number of nitrogens with one attached hydrogen (secondary N) is 1. The van der Waals surface area contributed by atoms with Crippen LogP contribution in [-0.4, -0.2) is 40.1 Å². The second-order valence-electron chi connectivity index (χ2n) is 4.33. The molecule has 0 atom stereocenters. The summed E-state index contributed by atoms with van der Waals surface area (Å²) in [7, 11) is 3.05. The molecule has 1 aromatic heterocycles. The lowest BCUT2D eigenvalue weighted by Crippen LogP contribution is -2.28. The van der Waals surface area contributed by atoms with Crippen LogP contribution in [0.4, 0.5) is 4.39 Å². The van der Waals surface area contributed by atoms with Gasteiger partial charge >= 0.3 is 0 Å². The fraction of sp³-hybridized carbons (Fsp3) is 0.308.